The second-order valence-electron chi connectivity index (χ2n) is 7.48. The predicted molar refractivity (Wildman–Crippen MR) is 118 cm³/mol. The number of nitrogens with one attached hydrogen (secondary N) is 1. The maximum absolute atomic E-state index is 13.0. The second kappa shape index (κ2) is 7.92. The first kappa shape index (κ1) is 19.4. The van der Waals surface area contributed by atoms with E-state index in [1.165, 1.54) is 11.3 Å². The maximum Gasteiger partial charge on any atom is 0.272 e. The SMILES string of the molecule is Cn1nccc1C(=O)N1CC[C@@H](c2cc(C(=O)Nc3nccs3)c3ccccc3n2)C1. The van der Waals surface area contributed by atoms with Crippen LogP contribution in [0.25, 0.3) is 10.9 Å². The summed E-state index contributed by atoms with van der Waals surface area (Å²) in [5.74, 6) is -0.186. The normalized spacial score (nSPS) is 16.0. The third kappa shape index (κ3) is 3.68. The molecule has 1 fully saturated rings. The smallest absolute Gasteiger partial charge is 0.272 e. The average molecular weight is 433 g/mol. The van der Waals surface area contributed by atoms with Gasteiger partial charge in [-0.3, -0.25) is 24.6 Å². The molecule has 1 N–H and O–H groups in total. The Morgan fingerprint density at radius 3 is 2.84 bits per heavy atom. The van der Waals surface area contributed by atoms with Gasteiger partial charge in [-0.25, -0.2) is 4.98 Å². The van der Waals surface area contributed by atoms with Crippen LogP contribution in [-0.4, -0.2) is 49.6 Å². The van der Waals surface area contributed by atoms with Gasteiger partial charge in [-0.15, -0.1) is 11.3 Å². The lowest BCUT2D eigenvalue weighted by Gasteiger charge is -2.17. The minimum atomic E-state index is -0.212. The number of pyridine rings is 1. The summed E-state index contributed by atoms with van der Waals surface area (Å²) in [5.41, 5.74) is 2.71. The van der Waals surface area contributed by atoms with Gasteiger partial charge in [-0.1, -0.05) is 18.2 Å². The molecule has 0 aliphatic carbocycles. The second-order valence-corrected chi connectivity index (χ2v) is 8.37. The average Bonchev–Trinajstić information content (AvgIpc) is 3.54. The van der Waals surface area contributed by atoms with Crippen molar-refractivity contribution in [1.29, 1.82) is 0 Å². The quantitative estimate of drug-likeness (QED) is 0.534. The number of rotatable bonds is 4. The van der Waals surface area contributed by atoms with E-state index in [1.807, 2.05) is 40.6 Å². The van der Waals surface area contributed by atoms with Crippen molar-refractivity contribution in [3.8, 4) is 0 Å². The van der Waals surface area contributed by atoms with E-state index in [0.717, 1.165) is 23.0 Å². The van der Waals surface area contributed by atoms with Gasteiger partial charge in [-0.05, 0) is 24.6 Å². The van der Waals surface area contributed by atoms with Crippen molar-refractivity contribution < 1.29 is 9.59 Å². The van der Waals surface area contributed by atoms with Crippen molar-refractivity contribution in [2.75, 3.05) is 18.4 Å². The van der Waals surface area contributed by atoms with Crippen LogP contribution in [0.2, 0.25) is 0 Å². The Bertz CT molecular complexity index is 1270. The molecule has 1 aliphatic rings. The molecule has 3 aromatic heterocycles. The van der Waals surface area contributed by atoms with Gasteiger partial charge < -0.3 is 4.90 Å². The Kier molecular flexibility index (Phi) is 4.95. The summed E-state index contributed by atoms with van der Waals surface area (Å²) in [6.07, 6.45) is 4.07. The first-order valence-electron chi connectivity index (χ1n) is 9.98. The van der Waals surface area contributed by atoms with E-state index in [4.69, 9.17) is 4.98 Å². The van der Waals surface area contributed by atoms with Gasteiger partial charge in [0.1, 0.15) is 5.69 Å². The van der Waals surface area contributed by atoms with E-state index in [9.17, 15) is 9.59 Å². The molecule has 4 heterocycles. The molecule has 0 bridgehead atoms. The van der Waals surface area contributed by atoms with Crippen molar-refractivity contribution in [1.82, 2.24) is 24.6 Å². The lowest BCUT2D eigenvalue weighted by Crippen LogP contribution is -2.30. The van der Waals surface area contributed by atoms with E-state index < -0.39 is 0 Å². The molecule has 0 saturated carbocycles. The van der Waals surface area contributed by atoms with E-state index in [-0.39, 0.29) is 17.7 Å². The summed E-state index contributed by atoms with van der Waals surface area (Å²) >= 11 is 1.37. The highest BCUT2D eigenvalue weighted by molar-refractivity contribution is 7.13. The molecule has 0 spiro atoms. The summed E-state index contributed by atoms with van der Waals surface area (Å²) in [7, 11) is 1.76. The minimum Gasteiger partial charge on any atom is -0.337 e. The van der Waals surface area contributed by atoms with E-state index in [1.54, 1.807) is 30.2 Å². The van der Waals surface area contributed by atoms with Crippen LogP contribution in [0.5, 0.6) is 0 Å². The number of benzene rings is 1. The fourth-order valence-corrected chi connectivity index (χ4v) is 4.50. The number of aryl methyl sites for hydroxylation is 1. The highest BCUT2D eigenvalue weighted by Crippen LogP contribution is 2.30. The number of thiazole rings is 1. The van der Waals surface area contributed by atoms with Gasteiger partial charge in [0, 0.05) is 54.9 Å². The lowest BCUT2D eigenvalue weighted by molar-refractivity contribution is 0.0779. The summed E-state index contributed by atoms with van der Waals surface area (Å²) < 4.78 is 1.59. The van der Waals surface area contributed by atoms with Gasteiger partial charge in [0.05, 0.1) is 11.1 Å². The molecule has 9 heteroatoms. The van der Waals surface area contributed by atoms with Crippen molar-refractivity contribution in [2.24, 2.45) is 7.05 Å². The molecule has 2 amide bonds. The Morgan fingerprint density at radius 2 is 2.06 bits per heavy atom. The zero-order chi connectivity index (χ0) is 21.4. The Balaban J connectivity index is 1.44. The number of hydrogen-bond donors (Lipinski definition) is 1. The summed E-state index contributed by atoms with van der Waals surface area (Å²) in [6, 6.07) is 11.2. The van der Waals surface area contributed by atoms with Crippen LogP contribution < -0.4 is 5.32 Å². The zero-order valence-corrected chi connectivity index (χ0v) is 17.7. The number of aromatic nitrogens is 4. The van der Waals surface area contributed by atoms with Crippen LogP contribution >= 0.6 is 11.3 Å². The Labute approximate surface area is 182 Å². The molecule has 4 aromatic rings. The lowest BCUT2D eigenvalue weighted by atomic mass is 9.99. The zero-order valence-electron chi connectivity index (χ0n) is 16.9. The highest BCUT2D eigenvalue weighted by atomic mass is 32.1. The van der Waals surface area contributed by atoms with Crippen molar-refractivity contribution >= 4 is 39.2 Å². The molecule has 0 unspecified atom stereocenters. The topological polar surface area (TPSA) is 93.0 Å². The van der Waals surface area contributed by atoms with Gasteiger partial charge in [0.15, 0.2) is 5.13 Å². The molecular formula is C22H20N6O2S. The molecule has 8 nitrogen and oxygen atoms in total. The fourth-order valence-electron chi connectivity index (χ4n) is 3.97. The number of likely N-dealkylation sites (tertiary alicyclic amines) is 1. The number of hydrogen-bond acceptors (Lipinski definition) is 6. The maximum atomic E-state index is 13.0. The predicted octanol–water partition coefficient (Wildman–Crippen LogP) is 3.31. The van der Waals surface area contributed by atoms with Crippen LogP contribution in [0.3, 0.4) is 0 Å². The number of nitrogens with zero attached hydrogens (tertiary/aromatic N) is 5. The number of amides is 2. The van der Waals surface area contributed by atoms with Crippen LogP contribution in [0, 0.1) is 0 Å². The third-order valence-corrected chi connectivity index (χ3v) is 6.26. The molecule has 156 valence electrons. The molecule has 0 radical (unpaired) electrons. The minimum absolute atomic E-state index is 0.0370. The molecule has 5 rings (SSSR count). The number of fused-ring (bicyclic) bond motifs is 1. The number of para-hydroxylation sites is 1. The molecule has 1 aromatic carbocycles. The Hall–Kier alpha value is -3.59. The number of carbonyl (C=O) groups excluding carboxylic acids is 2. The summed E-state index contributed by atoms with van der Waals surface area (Å²) in [4.78, 5) is 36.7. The van der Waals surface area contributed by atoms with Crippen LogP contribution in [0.4, 0.5) is 5.13 Å². The summed E-state index contributed by atoms with van der Waals surface area (Å²) in [5, 5.41) is 10.1. The first-order valence-corrected chi connectivity index (χ1v) is 10.9. The van der Waals surface area contributed by atoms with Gasteiger partial charge in [0.25, 0.3) is 11.8 Å². The molecule has 1 saturated heterocycles. The Morgan fingerprint density at radius 1 is 1.19 bits per heavy atom. The molecule has 1 atom stereocenters. The van der Waals surface area contributed by atoms with Crippen molar-refractivity contribution in [3.05, 3.63) is 71.1 Å². The standard InChI is InChI=1S/C22H20N6O2S/c1-27-19(6-8-24-27)21(30)28-10-7-14(13-28)18-12-16(15-4-2-3-5-17(15)25-18)20(29)26-22-23-9-11-31-22/h2-6,8-9,11-12,14H,7,10,13H2,1H3,(H,23,26,29)/t14-/m1/s1. The highest BCUT2D eigenvalue weighted by Gasteiger charge is 2.31. The van der Waals surface area contributed by atoms with Gasteiger partial charge in [-0.2, -0.15) is 5.10 Å². The summed E-state index contributed by atoms with van der Waals surface area (Å²) in [6.45, 7) is 1.20. The monoisotopic (exact) mass is 432 g/mol. The number of anilines is 1. The third-order valence-electron chi connectivity index (χ3n) is 5.57. The first-order chi connectivity index (χ1) is 15.1. The molecule has 1 aliphatic heterocycles. The largest absolute Gasteiger partial charge is 0.337 e. The van der Waals surface area contributed by atoms with Crippen LogP contribution in [0.15, 0.2) is 54.2 Å². The fraction of sp³-hybridized carbons (Fsp3) is 0.227. The van der Waals surface area contributed by atoms with Crippen molar-refractivity contribution in [3.63, 3.8) is 0 Å². The van der Waals surface area contributed by atoms with Crippen LogP contribution in [-0.2, 0) is 7.05 Å². The van der Waals surface area contributed by atoms with Gasteiger partial charge in [0.2, 0.25) is 0 Å². The van der Waals surface area contributed by atoms with Gasteiger partial charge >= 0.3 is 0 Å². The van der Waals surface area contributed by atoms with Crippen molar-refractivity contribution in [2.45, 2.75) is 12.3 Å². The van der Waals surface area contributed by atoms with E-state index in [0.29, 0.717) is 29.5 Å². The molecule has 31 heavy (non-hydrogen) atoms. The number of carbonyl (C=O) groups is 2. The van der Waals surface area contributed by atoms with Crippen LogP contribution in [0.1, 0.15) is 38.9 Å². The molecular weight excluding hydrogens is 412 g/mol. The van der Waals surface area contributed by atoms with E-state index in [2.05, 4.69) is 15.4 Å². The van der Waals surface area contributed by atoms with E-state index >= 15 is 0 Å².